The van der Waals surface area contributed by atoms with Crippen LogP contribution in [-0.4, -0.2) is 62.6 Å². The minimum absolute atomic E-state index is 0.0827. The first kappa shape index (κ1) is 21.7. The van der Waals surface area contributed by atoms with Gasteiger partial charge in [-0.3, -0.25) is 14.6 Å². The van der Waals surface area contributed by atoms with Gasteiger partial charge in [-0.2, -0.15) is 4.31 Å². The number of rotatable bonds is 7. The number of sulfonamides is 1. The van der Waals surface area contributed by atoms with Gasteiger partial charge in [-0.05, 0) is 35.9 Å². The second kappa shape index (κ2) is 9.65. The van der Waals surface area contributed by atoms with Gasteiger partial charge >= 0.3 is 11.8 Å². The van der Waals surface area contributed by atoms with Crippen LogP contribution >= 0.6 is 0 Å². The van der Waals surface area contributed by atoms with E-state index in [9.17, 15) is 18.0 Å². The van der Waals surface area contributed by atoms with Crippen molar-refractivity contribution in [1.82, 2.24) is 19.9 Å². The Morgan fingerprint density at radius 3 is 2.60 bits per heavy atom. The summed E-state index contributed by atoms with van der Waals surface area (Å²) in [6.07, 6.45) is 2.27. The lowest BCUT2D eigenvalue weighted by Gasteiger charge is -2.23. The lowest BCUT2D eigenvalue weighted by molar-refractivity contribution is -0.139. The fourth-order valence-electron chi connectivity index (χ4n) is 2.85. The number of amides is 2. The van der Waals surface area contributed by atoms with Crippen molar-refractivity contribution in [2.75, 3.05) is 26.8 Å². The van der Waals surface area contributed by atoms with E-state index in [0.29, 0.717) is 5.75 Å². The van der Waals surface area contributed by atoms with Crippen molar-refractivity contribution in [1.29, 1.82) is 0 Å². The number of hydrogen-bond donors (Lipinski definition) is 2. The van der Waals surface area contributed by atoms with Gasteiger partial charge in [0.2, 0.25) is 10.0 Å². The molecule has 0 spiro atoms. The van der Waals surface area contributed by atoms with Crippen molar-refractivity contribution in [3.63, 3.8) is 0 Å². The van der Waals surface area contributed by atoms with Gasteiger partial charge in [-0.1, -0.05) is 6.07 Å². The van der Waals surface area contributed by atoms with Crippen molar-refractivity contribution < 1.29 is 27.5 Å². The van der Waals surface area contributed by atoms with Crippen LogP contribution in [0.2, 0.25) is 0 Å². The highest BCUT2D eigenvalue weighted by molar-refractivity contribution is 7.89. The van der Waals surface area contributed by atoms with Crippen LogP contribution in [0, 0.1) is 0 Å². The van der Waals surface area contributed by atoms with Gasteiger partial charge in [-0.15, -0.1) is 0 Å². The summed E-state index contributed by atoms with van der Waals surface area (Å²) in [4.78, 5) is 28.0. The molecule has 2 N–H and O–H groups in total. The van der Waals surface area contributed by atoms with Crippen molar-refractivity contribution in [3.8, 4) is 5.75 Å². The Morgan fingerprint density at radius 2 is 1.93 bits per heavy atom. The molecule has 0 saturated carbocycles. The molecule has 1 aromatic carbocycles. The zero-order chi connectivity index (χ0) is 21.6. The molecule has 10 nitrogen and oxygen atoms in total. The molecule has 11 heteroatoms. The molecule has 1 saturated heterocycles. The maximum atomic E-state index is 12.9. The Morgan fingerprint density at radius 1 is 1.20 bits per heavy atom. The van der Waals surface area contributed by atoms with Gasteiger partial charge < -0.3 is 20.1 Å². The molecule has 3 rings (SSSR count). The van der Waals surface area contributed by atoms with E-state index in [-0.39, 0.29) is 31.1 Å². The summed E-state index contributed by atoms with van der Waals surface area (Å²) in [6, 6.07) is 9.46. The third-order valence-electron chi connectivity index (χ3n) is 4.43. The van der Waals surface area contributed by atoms with Gasteiger partial charge in [0.15, 0.2) is 0 Å². The average molecular weight is 434 g/mol. The summed E-state index contributed by atoms with van der Waals surface area (Å²) in [5.41, 5.74) is 0.745. The Kier molecular flexibility index (Phi) is 6.98. The van der Waals surface area contributed by atoms with Gasteiger partial charge in [0.05, 0.1) is 25.2 Å². The quantitative estimate of drug-likeness (QED) is 0.581. The molecule has 1 atom stereocenters. The molecule has 160 valence electrons. The molecular formula is C19H22N4O6S. The first-order valence-electron chi connectivity index (χ1n) is 9.14. The van der Waals surface area contributed by atoms with Crippen LogP contribution in [0.3, 0.4) is 0 Å². The number of nitrogens with one attached hydrogen (secondary N) is 2. The Labute approximate surface area is 174 Å². The van der Waals surface area contributed by atoms with Crippen molar-refractivity contribution in [2.24, 2.45) is 0 Å². The summed E-state index contributed by atoms with van der Waals surface area (Å²) in [6.45, 7) is 0.317. The molecule has 2 amide bonds. The zero-order valence-corrected chi connectivity index (χ0v) is 17.1. The van der Waals surface area contributed by atoms with Crippen LogP contribution < -0.4 is 15.4 Å². The van der Waals surface area contributed by atoms with Crippen molar-refractivity contribution in [2.45, 2.75) is 17.7 Å². The zero-order valence-electron chi connectivity index (χ0n) is 16.3. The lowest BCUT2D eigenvalue weighted by atomic mass is 10.3. The number of ether oxygens (including phenoxy) is 2. The first-order valence-corrected chi connectivity index (χ1v) is 10.6. The van der Waals surface area contributed by atoms with Crippen LogP contribution in [0.25, 0.3) is 0 Å². The van der Waals surface area contributed by atoms with Crippen molar-refractivity contribution in [3.05, 3.63) is 54.4 Å². The van der Waals surface area contributed by atoms with E-state index in [2.05, 4.69) is 15.6 Å². The highest BCUT2D eigenvalue weighted by Crippen LogP contribution is 2.23. The van der Waals surface area contributed by atoms with Crippen LogP contribution in [0.5, 0.6) is 5.75 Å². The number of pyridine rings is 1. The average Bonchev–Trinajstić information content (AvgIpc) is 3.26. The largest absolute Gasteiger partial charge is 0.497 e. The molecule has 0 bridgehead atoms. The SMILES string of the molecule is COc1ccc(S(=O)(=O)N2CCOC2CNC(=O)C(=O)NCc2cccnc2)cc1. The van der Waals surface area contributed by atoms with Crippen LogP contribution in [0.15, 0.2) is 53.7 Å². The van der Waals surface area contributed by atoms with Crippen LogP contribution in [0.4, 0.5) is 0 Å². The minimum atomic E-state index is -3.83. The first-order chi connectivity index (χ1) is 14.4. The Balaban J connectivity index is 1.56. The van der Waals surface area contributed by atoms with Gasteiger partial charge in [0.25, 0.3) is 0 Å². The van der Waals surface area contributed by atoms with E-state index in [0.717, 1.165) is 9.87 Å². The predicted octanol–water partition coefficient (Wildman–Crippen LogP) is -0.130. The smallest absolute Gasteiger partial charge is 0.309 e. The monoisotopic (exact) mass is 434 g/mol. The normalized spacial score (nSPS) is 16.8. The molecule has 0 aliphatic carbocycles. The van der Waals surface area contributed by atoms with E-state index in [1.165, 1.54) is 19.2 Å². The second-order valence-electron chi connectivity index (χ2n) is 6.37. The maximum Gasteiger partial charge on any atom is 0.309 e. The van der Waals surface area contributed by atoms with Gasteiger partial charge in [0.1, 0.15) is 12.0 Å². The summed E-state index contributed by atoms with van der Waals surface area (Å²) < 4.78 is 37.4. The topological polar surface area (TPSA) is 127 Å². The third kappa shape index (κ3) is 5.12. The number of methoxy groups -OCH3 is 1. The second-order valence-corrected chi connectivity index (χ2v) is 8.26. The Bertz CT molecular complexity index is 982. The van der Waals surface area contributed by atoms with E-state index in [1.54, 1.807) is 36.7 Å². The number of benzene rings is 1. The van der Waals surface area contributed by atoms with Crippen LogP contribution in [-0.2, 0) is 30.9 Å². The molecule has 1 unspecified atom stereocenters. The minimum Gasteiger partial charge on any atom is -0.497 e. The van der Waals surface area contributed by atoms with E-state index < -0.39 is 28.1 Å². The fraction of sp³-hybridized carbons (Fsp3) is 0.316. The number of aromatic nitrogens is 1. The fourth-order valence-corrected chi connectivity index (χ4v) is 4.36. The number of nitrogens with zero attached hydrogens (tertiary/aromatic N) is 2. The predicted molar refractivity (Wildman–Crippen MR) is 106 cm³/mol. The highest BCUT2D eigenvalue weighted by atomic mass is 32.2. The standard InChI is InChI=1S/C19H22N4O6S/c1-28-15-4-6-16(7-5-15)30(26,27)23-9-10-29-17(23)13-22-19(25)18(24)21-12-14-3-2-8-20-11-14/h2-8,11,17H,9-10,12-13H2,1H3,(H,21,24)(H,22,25). The molecule has 2 heterocycles. The molecule has 1 aliphatic heterocycles. The summed E-state index contributed by atoms with van der Waals surface area (Å²) in [7, 11) is -2.34. The molecule has 0 radical (unpaired) electrons. The molecular weight excluding hydrogens is 412 g/mol. The number of hydrogen-bond acceptors (Lipinski definition) is 7. The van der Waals surface area contributed by atoms with Crippen LogP contribution in [0.1, 0.15) is 5.56 Å². The van der Waals surface area contributed by atoms with E-state index >= 15 is 0 Å². The molecule has 30 heavy (non-hydrogen) atoms. The number of carbonyl (C=O) groups is 2. The highest BCUT2D eigenvalue weighted by Gasteiger charge is 2.36. The maximum absolute atomic E-state index is 12.9. The summed E-state index contributed by atoms with van der Waals surface area (Å²) in [5.74, 6) is -1.18. The van der Waals surface area contributed by atoms with E-state index in [4.69, 9.17) is 9.47 Å². The van der Waals surface area contributed by atoms with Gasteiger partial charge in [-0.25, -0.2) is 8.42 Å². The molecule has 1 aliphatic rings. The number of carbonyl (C=O) groups excluding carboxylic acids is 2. The molecule has 1 aromatic heterocycles. The summed E-state index contributed by atoms with van der Waals surface area (Å²) >= 11 is 0. The lowest BCUT2D eigenvalue weighted by Crippen LogP contribution is -2.47. The summed E-state index contributed by atoms with van der Waals surface area (Å²) in [5, 5.41) is 4.89. The third-order valence-corrected chi connectivity index (χ3v) is 6.33. The van der Waals surface area contributed by atoms with Crippen molar-refractivity contribution >= 4 is 21.8 Å². The van der Waals surface area contributed by atoms with Gasteiger partial charge in [0, 0.05) is 25.5 Å². The Hall–Kier alpha value is -3.02. The van der Waals surface area contributed by atoms with E-state index in [1.807, 2.05) is 0 Å². The molecule has 2 aromatic rings. The molecule has 1 fully saturated rings.